The fourth-order valence-electron chi connectivity index (χ4n) is 4.56. The van der Waals surface area contributed by atoms with Gasteiger partial charge in [0.2, 0.25) is 5.71 Å². The van der Waals surface area contributed by atoms with Gasteiger partial charge in [0.15, 0.2) is 9.84 Å². The molecular weight excluding hydrogens is 489 g/mol. The summed E-state index contributed by atoms with van der Waals surface area (Å²) in [6.45, 7) is 0.633. The first-order valence-electron chi connectivity index (χ1n) is 11.2. The van der Waals surface area contributed by atoms with Crippen molar-refractivity contribution in [3.05, 3.63) is 60.5 Å². The number of fused-ring (bicyclic) bond motifs is 1. The molecular formula is C24H20FN5O5S. The molecule has 1 saturated heterocycles. The van der Waals surface area contributed by atoms with E-state index in [4.69, 9.17) is 4.42 Å². The molecule has 10 nitrogen and oxygen atoms in total. The van der Waals surface area contributed by atoms with Gasteiger partial charge in [0.1, 0.15) is 23.6 Å². The molecule has 1 fully saturated rings. The molecule has 2 aliphatic heterocycles. The number of carbonyl (C=O) groups is 1. The number of furan rings is 1. The van der Waals surface area contributed by atoms with Crippen molar-refractivity contribution < 1.29 is 27.1 Å². The Morgan fingerprint density at radius 2 is 1.92 bits per heavy atom. The van der Waals surface area contributed by atoms with E-state index >= 15 is 0 Å². The van der Waals surface area contributed by atoms with Gasteiger partial charge in [-0.15, -0.1) is 0 Å². The van der Waals surface area contributed by atoms with E-state index < -0.39 is 15.9 Å². The molecule has 5 heterocycles. The molecule has 1 N–H and O–H groups in total. The lowest BCUT2D eigenvalue weighted by Gasteiger charge is -2.25. The first kappa shape index (κ1) is 22.4. The second-order valence-electron chi connectivity index (χ2n) is 8.87. The molecule has 4 aromatic rings. The summed E-state index contributed by atoms with van der Waals surface area (Å²) in [4.78, 5) is 21.3. The van der Waals surface area contributed by atoms with Crippen molar-refractivity contribution in [1.82, 2.24) is 24.6 Å². The van der Waals surface area contributed by atoms with E-state index in [-0.39, 0.29) is 29.9 Å². The molecule has 2 aliphatic rings. The van der Waals surface area contributed by atoms with E-state index in [1.54, 1.807) is 23.0 Å². The van der Waals surface area contributed by atoms with Crippen LogP contribution in [0.3, 0.4) is 0 Å². The minimum Gasteiger partial charge on any atom is -0.465 e. The number of hydrogen-bond donors (Lipinski definition) is 1. The lowest BCUT2D eigenvalue weighted by Crippen LogP contribution is -2.38. The number of nitrogens with zero attached hydrogens (tertiary/aromatic N) is 5. The SMILES string of the molecule is O=C(O)N1CC=C(c2cc3c(-c4cn(C5CS(=O)(=O)C5)nc4-c4ccc(F)cc4)ncnc3o2)CC1. The molecule has 0 unspecified atom stereocenters. The normalized spacial score (nSPS) is 17.7. The molecule has 6 rings (SSSR count). The van der Waals surface area contributed by atoms with Gasteiger partial charge in [-0.05, 0) is 42.3 Å². The van der Waals surface area contributed by atoms with Crippen LogP contribution >= 0.6 is 0 Å². The molecule has 1 amide bonds. The minimum absolute atomic E-state index is 0.00748. The van der Waals surface area contributed by atoms with E-state index in [1.807, 2.05) is 12.1 Å². The van der Waals surface area contributed by atoms with Gasteiger partial charge in [0, 0.05) is 30.4 Å². The summed E-state index contributed by atoms with van der Waals surface area (Å²) in [7, 11) is -3.07. The summed E-state index contributed by atoms with van der Waals surface area (Å²) in [5, 5.41) is 14.5. The summed E-state index contributed by atoms with van der Waals surface area (Å²) in [5.41, 5.74) is 3.63. The van der Waals surface area contributed by atoms with Gasteiger partial charge in [-0.25, -0.2) is 27.6 Å². The predicted octanol–water partition coefficient (Wildman–Crippen LogP) is 3.63. The molecule has 0 saturated carbocycles. The molecule has 12 heteroatoms. The maximum Gasteiger partial charge on any atom is 0.407 e. The van der Waals surface area contributed by atoms with Crippen LogP contribution in [-0.2, 0) is 9.84 Å². The van der Waals surface area contributed by atoms with Crippen molar-refractivity contribution in [2.45, 2.75) is 12.5 Å². The zero-order chi connectivity index (χ0) is 25.0. The molecule has 0 spiro atoms. The number of aromatic nitrogens is 4. The Bertz CT molecular complexity index is 1630. The molecule has 36 heavy (non-hydrogen) atoms. The maximum atomic E-state index is 13.6. The van der Waals surface area contributed by atoms with Crippen LogP contribution < -0.4 is 0 Å². The van der Waals surface area contributed by atoms with E-state index in [2.05, 4.69) is 15.1 Å². The smallest absolute Gasteiger partial charge is 0.407 e. The topological polar surface area (TPSA) is 131 Å². The highest BCUT2D eigenvalue weighted by Crippen LogP contribution is 2.38. The Labute approximate surface area is 204 Å². The average molecular weight is 510 g/mol. The number of halogens is 1. The van der Waals surface area contributed by atoms with Gasteiger partial charge in [-0.3, -0.25) is 4.68 Å². The third-order valence-electron chi connectivity index (χ3n) is 6.50. The third-order valence-corrected chi connectivity index (χ3v) is 8.28. The Morgan fingerprint density at radius 3 is 2.58 bits per heavy atom. The van der Waals surface area contributed by atoms with Crippen LogP contribution in [0.4, 0.5) is 9.18 Å². The quantitative estimate of drug-likeness (QED) is 0.441. The summed E-state index contributed by atoms with van der Waals surface area (Å²) in [6, 6.07) is 7.45. The zero-order valence-corrected chi connectivity index (χ0v) is 19.7. The molecule has 0 radical (unpaired) electrons. The standard InChI is InChI=1S/C24H20FN5O5S/c25-16-3-1-15(2-4-16)21-19(10-30(28-21)17-11-36(33,34)12-17)22-18-9-20(35-23(18)27-13-26-22)14-5-7-29(8-6-14)24(31)32/h1-5,9-10,13,17H,6-8,11-12H2,(H,31,32). The van der Waals surface area contributed by atoms with Crippen molar-refractivity contribution in [2.75, 3.05) is 24.6 Å². The van der Waals surface area contributed by atoms with Gasteiger partial charge >= 0.3 is 6.09 Å². The predicted molar refractivity (Wildman–Crippen MR) is 128 cm³/mol. The van der Waals surface area contributed by atoms with Crippen molar-refractivity contribution in [2.24, 2.45) is 0 Å². The van der Waals surface area contributed by atoms with Crippen LogP contribution in [0.5, 0.6) is 0 Å². The number of amides is 1. The van der Waals surface area contributed by atoms with Gasteiger partial charge < -0.3 is 14.4 Å². The number of benzene rings is 1. The minimum atomic E-state index is -3.07. The lowest BCUT2D eigenvalue weighted by molar-refractivity contribution is 0.150. The van der Waals surface area contributed by atoms with Gasteiger partial charge in [0.25, 0.3) is 0 Å². The summed E-state index contributed by atoms with van der Waals surface area (Å²) in [6.07, 6.45) is 4.50. The zero-order valence-electron chi connectivity index (χ0n) is 18.8. The van der Waals surface area contributed by atoms with Crippen LogP contribution in [0.15, 0.2) is 53.3 Å². The van der Waals surface area contributed by atoms with Gasteiger partial charge in [-0.1, -0.05) is 6.08 Å². The van der Waals surface area contributed by atoms with Crippen molar-refractivity contribution in [3.8, 4) is 22.5 Å². The Hall–Kier alpha value is -4.06. The second-order valence-corrected chi connectivity index (χ2v) is 11.0. The van der Waals surface area contributed by atoms with Gasteiger partial charge in [-0.2, -0.15) is 5.10 Å². The van der Waals surface area contributed by atoms with Crippen LogP contribution in [0.1, 0.15) is 18.2 Å². The van der Waals surface area contributed by atoms with E-state index in [9.17, 15) is 22.7 Å². The Morgan fingerprint density at radius 1 is 1.14 bits per heavy atom. The average Bonchev–Trinajstić information content (AvgIpc) is 3.48. The number of hydrogen-bond acceptors (Lipinski definition) is 7. The van der Waals surface area contributed by atoms with Crippen LogP contribution in [0.25, 0.3) is 39.2 Å². The van der Waals surface area contributed by atoms with Crippen LogP contribution in [-0.4, -0.2) is 68.9 Å². The lowest BCUT2D eigenvalue weighted by atomic mass is 10.0. The van der Waals surface area contributed by atoms with Crippen molar-refractivity contribution in [3.63, 3.8) is 0 Å². The number of rotatable bonds is 4. The summed E-state index contributed by atoms with van der Waals surface area (Å²) in [5.74, 6) is 0.217. The van der Waals surface area contributed by atoms with Gasteiger partial charge in [0.05, 0.1) is 28.6 Å². The largest absolute Gasteiger partial charge is 0.465 e. The highest BCUT2D eigenvalue weighted by Gasteiger charge is 2.36. The van der Waals surface area contributed by atoms with Crippen LogP contribution in [0.2, 0.25) is 0 Å². The number of carboxylic acid groups (broad SMARTS) is 1. The molecule has 184 valence electrons. The Balaban J connectivity index is 1.45. The maximum absolute atomic E-state index is 13.6. The van der Waals surface area contributed by atoms with E-state index in [0.717, 1.165) is 5.57 Å². The second kappa shape index (κ2) is 8.26. The summed E-state index contributed by atoms with van der Waals surface area (Å²) >= 11 is 0. The third kappa shape index (κ3) is 3.92. The fourth-order valence-corrected chi connectivity index (χ4v) is 5.94. The van der Waals surface area contributed by atoms with E-state index in [1.165, 1.54) is 23.4 Å². The molecule has 1 aromatic carbocycles. The van der Waals surface area contributed by atoms with Crippen LogP contribution in [0, 0.1) is 5.82 Å². The number of sulfone groups is 1. The van der Waals surface area contributed by atoms with Crippen molar-refractivity contribution >= 4 is 32.6 Å². The summed E-state index contributed by atoms with van der Waals surface area (Å²) < 4.78 is 44.8. The molecule has 0 atom stereocenters. The fraction of sp³-hybridized carbons (Fsp3) is 0.250. The Kier molecular flexibility index (Phi) is 5.14. The first-order valence-corrected chi connectivity index (χ1v) is 13.1. The molecule has 3 aromatic heterocycles. The van der Waals surface area contributed by atoms with Crippen molar-refractivity contribution in [1.29, 1.82) is 0 Å². The monoisotopic (exact) mass is 509 g/mol. The first-order chi connectivity index (χ1) is 17.3. The van der Waals surface area contributed by atoms with E-state index in [0.29, 0.717) is 52.3 Å². The molecule has 0 bridgehead atoms. The molecule has 0 aliphatic carbocycles. The highest BCUT2D eigenvalue weighted by molar-refractivity contribution is 7.92. The highest BCUT2D eigenvalue weighted by atomic mass is 32.2.